The Hall–Kier alpha value is -0.960. The average Bonchev–Trinajstić information content (AvgIpc) is 2.16. The van der Waals surface area contributed by atoms with E-state index in [-0.39, 0.29) is 0 Å². The third kappa shape index (κ3) is 3.51. The SMILES string of the molecule is CCCc1nccc(CNCC)n1. The van der Waals surface area contributed by atoms with Crippen LogP contribution in [0.15, 0.2) is 12.3 Å². The van der Waals surface area contributed by atoms with Crippen LogP contribution < -0.4 is 5.32 Å². The van der Waals surface area contributed by atoms with E-state index in [9.17, 15) is 0 Å². The molecule has 1 heterocycles. The average molecular weight is 179 g/mol. The summed E-state index contributed by atoms with van der Waals surface area (Å²) in [5.74, 6) is 0.956. The number of rotatable bonds is 5. The number of hydrogen-bond donors (Lipinski definition) is 1. The van der Waals surface area contributed by atoms with Gasteiger partial charge in [0.15, 0.2) is 0 Å². The number of aryl methyl sites for hydroxylation is 1. The predicted molar refractivity (Wildman–Crippen MR) is 53.4 cm³/mol. The molecule has 0 saturated heterocycles. The van der Waals surface area contributed by atoms with Gasteiger partial charge in [-0.1, -0.05) is 13.8 Å². The zero-order valence-corrected chi connectivity index (χ0v) is 8.38. The molecule has 0 spiro atoms. The summed E-state index contributed by atoms with van der Waals surface area (Å²) in [5.41, 5.74) is 1.08. The zero-order valence-electron chi connectivity index (χ0n) is 8.38. The van der Waals surface area contributed by atoms with E-state index in [0.29, 0.717) is 0 Å². The fourth-order valence-electron chi connectivity index (χ4n) is 1.14. The van der Waals surface area contributed by atoms with Gasteiger partial charge in [-0.3, -0.25) is 0 Å². The molecule has 13 heavy (non-hydrogen) atoms. The molecule has 1 N–H and O–H groups in total. The Kier molecular flexibility index (Phi) is 4.40. The largest absolute Gasteiger partial charge is 0.311 e. The molecule has 1 aromatic heterocycles. The van der Waals surface area contributed by atoms with Crippen molar-refractivity contribution in [1.29, 1.82) is 0 Å². The van der Waals surface area contributed by atoms with Crippen LogP contribution in [0.25, 0.3) is 0 Å². The van der Waals surface area contributed by atoms with Gasteiger partial charge in [0, 0.05) is 19.2 Å². The Morgan fingerprint density at radius 1 is 1.38 bits per heavy atom. The highest BCUT2D eigenvalue weighted by Gasteiger charge is 1.96. The first-order valence-electron chi connectivity index (χ1n) is 4.88. The van der Waals surface area contributed by atoms with Crippen molar-refractivity contribution in [3.63, 3.8) is 0 Å². The van der Waals surface area contributed by atoms with Gasteiger partial charge in [0.2, 0.25) is 0 Å². The molecule has 0 aliphatic heterocycles. The number of nitrogens with zero attached hydrogens (tertiary/aromatic N) is 2. The van der Waals surface area contributed by atoms with Crippen LogP contribution in [0.1, 0.15) is 31.8 Å². The van der Waals surface area contributed by atoms with Crippen molar-refractivity contribution in [2.24, 2.45) is 0 Å². The molecule has 0 unspecified atom stereocenters. The van der Waals surface area contributed by atoms with Gasteiger partial charge in [-0.15, -0.1) is 0 Å². The summed E-state index contributed by atoms with van der Waals surface area (Å²) < 4.78 is 0. The highest BCUT2D eigenvalue weighted by Crippen LogP contribution is 1.98. The number of hydrogen-bond acceptors (Lipinski definition) is 3. The maximum Gasteiger partial charge on any atom is 0.128 e. The summed E-state index contributed by atoms with van der Waals surface area (Å²) in [6.07, 6.45) is 3.91. The molecular weight excluding hydrogens is 162 g/mol. The second-order valence-corrected chi connectivity index (χ2v) is 2.99. The van der Waals surface area contributed by atoms with Gasteiger partial charge in [0.1, 0.15) is 5.82 Å². The maximum atomic E-state index is 4.43. The quantitative estimate of drug-likeness (QED) is 0.745. The molecule has 1 aromatic rings. The molecule has 0 aliphatic carbocycles. The maximum absolute atomic E-state index is 4.43. The molecule has 3 nitrogen and oxygen atoms in total. The van der Waals surface area contributed by atoms with E-state index in [2.05, 4.69) is 29.1 Å². The monoisotopic (exact) mass is 179 g/mol. The first-order valence-corrected chi connectivity index (χ1v) is 4.88. The molecule has 0 saturated carbocycles. The number of nitrogens with one attached hydrogen (secondary N) is 1. The lowest BCUT2D eigenvalue weighted by Gasteiger charge is -2.02. The lowest BCUT2D eigenvalue weighted by Crippen LogP contribution is -2.13. The minimum Gasteiger partial charge on any atom is -0.311 e. The van der Waals surface area contributed by atoms with Gasteiger partial charge >= 0.3 is 0 Å². The lowest BCUT2D eigenvalue weighted by atomic mass is 10.3. The zero-order chi connectivity index (χ0) is 9.52. The second-order valence-electron chi connectivity index (χ2n) is 2.99. The smallest absolute Gasteiger partial charge is 0.128 e. The van der Waals surface area contributed by atoms with E-state index in [1.165, 1.54) is 0 Å². The van der Waals surface area contributed by atoms with Gasteiger partial charge in [0.05, 0.1) is 5.69 Å². The van der Waals surface area contributed by atoms with Crippen LogP contribution in [0, 0.1) is 0 Å². The van der Waals surface area contributed by atoms with Crippen LogP contribution in [-0.2, 0) is 13.0 Å². The van der Waals surface area contributed by atoms with E-state index in [0.717, 1.165) is 37.4 Å². The summed E-state index contributed by atoms with van der Waals surface area (Å²) in [4.78, 5) is 8.62. The summed E-state index contributed by atoms with van der Waals surface area (Å²) in [7, 11) is 0. The van der Waals surface area contributed by atoms with Crippen LogP contribution in [0.5, 0.6) is 0 Å². The normalized spacial score (nSPS) is 10.3. The number of aromatic nitrogens is 2. The molecule has 0 fully saturated rings. The van der Waals surface area contributed by atoms with Crippen molar-refractivity contribution in [2.75, 3.05) is 6.54 Å². The van der Waals surface area contributed by atoms with Crippen LogP contribution in [0.2, 0.25) is 0 Å². The van der Waals surface area contributed by atoms with E-state index >= 15 is 0 Å². The van der Waals surface area contributed by atoms with Crippen molar-refractivity contribution < 1.29 is 0 Å². The fraction of sp³-hybridized carbons (Fsp3) is 0.600. The molecule has 1 rings (SSSR count). The van der Waals surface area contributed by atoms with Gasteiger partial charge in [-0.05, 0) is 19.0 Å². The molecule has 0 amide bonds. The van der Waals surface area contributed by atoms with Crippen molar-refractivity contribution in [3.05, 3.63) is 23.8 Å². The van der Waals surface area contributed by atoms with Crippen LogP contribution in [-0.4, -0.2) is 16.5 Å². The fourth-order valence-corrected chi connectivity index (χ4v) is 1.14. The lowest BCUT2D eigenvalue weighted by molar-refractivity contribution is 0.697. The molecule has 0 aromatic carbocycles. The van der Waals surface area contributed by atoms with Crippen LogP contribution in [0.4, 0.5) is 0 Å². The van der Waals surface area contributed by atoms with Crippen molar-refractivity contribution in [1.82, 2.24) is 15.3 Å². The van der Waals surface area contributed by atoms with E-state index in [1.54, 1.807) is 0 Å². The molecule has 0 aliphatic rings. The molecular formula is C10H17N3. The molecule has 3 heteroatoms. The Bertz CT molecular complexity index is 248. The van der Waals surface area contributed by atoms with Crippen LogP contribution in [0.3, 0.4) is 0 Å². The van der Waals surface area contributed by atoms with Gasteiger partial charge in [-0.25, -0.2) is 9.97 Å². The third-order valence-electron chi connectivity index (χ3n) is 1.79. The highest BCUT2D eigenvalue weighted by molar-refractivity contribution is 5.02. The van der Waals surface area contributed by atoms with Crippen molar-refractivity contribution in [3.8, 4) is 0 Å². The standard InChI is InChI=1S/C10H17N3/c1-3-5-10-12-7-6-9(13-10)8-11-4-2/h6-7,11H,3-5,8H2,1-2H3. The first-order chi connectivity index (χ1) is 6.36. The summed E-state index contributed by atoms with van der Waals surface area (Å²) >= 11 is 0. The Morgan fingerprint density at radius 2 is 2.23 bits per heavy atom. The van der Waals surface area contributed by atoms with Gasteiger partial charge in [-0.2, -0.15) is 0 Å². The van der Waals surface area contributed by atoms with E-state index < -0.39 is 0 Å². The summed E-state index contributed by atoms with van der Waals surface area (Å²) in [6, 6.07) is 1.96. The molecule has 0 radical (unpaired) electrons. The molecule has 0 bridgehead atoms. The third-order valence-corrected chi connectivity index (χ3v) is 1.79. The van der Waals surface area contributed by atoms with Gasteiger partial charge < -0.3 is 5.32 Å². The first kappa shape index (κ1) is 10.1. The molecule has 72 valence electrons. The minimum absolute atomic E-state index is 0.843. The summed E-state index contributed by atoms with van der Waals surface area (Å²) in [5, 5.41) is 3.24. The van der Waals surface area contributed by atoms with Crippen molar-refractivity contribution >= 4 is 0 Å². The molecule has 0 atom stereocenters. The Morgan fingerprint density at radius 3 is 2.92 bits per heavy atom. The predicted octanol–water partition coefficient (Wildman–Crippen LogP) is 1.54. The van der Waals surface area contributed by atoms with Gasteiger partial charge in [0.25, 0.3) is 0 Å². The minimum atomic E-state index is 0.843. The second kappa shape index (κ2) is 5.65. The van der Waals surface area contributed by atoms with Crippen LogP contribution >= 0.6 is 0 Å². The van der Waals surface area contributed by atoms with E-state index in [4.69, 9.17) is 0 Å². The Balaban J connectivity index is 2.56. The Labute approximate surface area is 79.6 Å². The highest BCUT2D eigenvalue weighted by atomic mass is 14.9. The topological polar surface area (TPSA) is 37.8 Å². The summed E-state index contributed by atoms with van der Waals surface area (Å²) in [6.45, 7) is 6.05. The van der Waals surface area contributed by atoms with Crippen molar-refractivity contribution in [2.45, 2.75) is 33.2 Å². The van der Waals surface area contributed by atoms with E-state index in [1.807, 2.05) is 12.3 Å².